The molecule has 130 valence electrons. The second-order valence-corrected chi connectivity index (χ2v) is 6.53. The summed E-state index contributed by atoms with van der Waals surface area (Å²) in [5, 5.41) is 3.41. The number of carbonyl (C=O) groups is 2. The van der Waals surface area contributed by atoms with E-state index in [-0.39, 0.29) is 11.9 Å². The van der Waals surface area contributed by atoms with Gasteiger partial charge in [-0.2, -0.15) is 0 Å². The van der Waals surface area contributed by atoms with Crippen molar-refractivity contribution < 1.29 is 9.59 Å². The molecule has 25 heavy (non-hydrogen) atoms. The van der Waals surface area contributed by atoms with E-state index in [0.29, 0.717) is 42.5 Å². The number of halogens is 1. The largest absolute Gasteiger partial charge is 0.335 e. The van der Waals surface area contributed by atoms with Crippen molar-refractivity contribution in [2.45, 2.75) is 6.92 Å². The number of nitrogens with one attached hydrogen (secondary N) is 1. The Balaban J connectivity index is 1.56. The zero-order valence-corrected chi connectivity index (χ0v) is 14.8. The number of aryl methyl sites for hydroxylation is 1. The third kappa shape index (κ3) is 4.31. The first-order chi connectivity index (χ1) is 12.0. The first-order valence-corrected chi connectivity index (χ1v) is 8.58. The summed E-state index contributed by atoms with van der Waals surface area (Å²) in [6, 6.07) is 14.4. The quantitative estimate of drug-likeness (QED) is 0.892. The molecule has 0 unspecified atom stereocenters. The third-order valence-corrected chi connectivity index (χ3v) is 4.43. The van der Waals surface area contributed by atoms with Crippen LogP contribution in [-0.2, 0) is 0 Å². The predicted octanol–water partition coefficient (Wildman–Crippen LogP) is 3.64. The molecule has 0 spiro atoms. The van der Waals surface area contributed by atoms with Crippen LogP contribution in [-0.4, -0.2) is 47.9 Å². The molecule has 0 aromatic heterocycles. The molecule has 2 aromatic carbocycles. The van der Waals surface area contributed by atoms with E-state index >= 15 is 0 Å². The number of urea groups is 1. The Kier molecular flexibility index (Phi) is 5.24. The zero-order valence-electron chi connectivity index (χ0n) is 14.0. The molecule has 1 aliphatic rings. The molecule has 0 saturated carbocycles. The fourth-order valence-corrected chi connectivity index (χ4v) is 3.03. The van der Waals surface area contributed by atoms with E-state index in [0.717, 1.165) is 5.56 Å². The lowest BCUT2D eigenvalue weighted by atomic mass is 10.1. The van der Waals surface area contributed by atoms with E-state index < -0.39 is 0 Å². The monoisotopic (exact) mass is 357 g/mol. The van der Waals surface area contributed by atoms with Gasteiger partial charge in [0.1, 0.15) is 0 Å². The van der Waals surface area contributed by atoms with E-state index in [4.69, 9.17) is 11.6 Å². The second-order valence-electron chi connectivity index (χ2n) is 6.09. The minimum absolute atomic E-state index is 0.0126. The number of benzene rings is 2. The minimum atomic E-state index is -0.176. The molecule has 6 heteroatoms. The van der Waals surface area contributed by atoms with Crippen LogP contribution in [0.15, 0.2) is 48.5 Å². The van der Waals surface area contributed by atoms with Crippen LogP contribution in [0.25, 0.3) is 0 Å². The number of carbonyl (C=O) groups excluding carboxylic acids is 2. The number of piperazine rings is 1. The molecule has 2 aromatic rings. The Hall–Kier alpha value is -2.53. The van der Waals surface area contributed by atoms with Crippen LogP contribution in [0, 0.1) is 6.92 Å². The Morgan fingerprint density at radius 3 is 2.32 bits per heavy atom. The maximum absolute atomic E-state index is 12.5. The van der Waals surface area contributed by atoms with E-state index in [1.54, 1.807) is 34.1 Å². The van der Waals surface area contributed by atoms with Crippen LogP contribution in [0.3, 0.4) is 0 Å². The zero-order chi connectivity index (χ0) is 17.8. The number of rotatable bonds is 2. The highest BCUT2D eigenvalue weighted by atomic mass is 35.5. The van der Waals surface area contributed by atoms with Crippen LogP contribution >= 0.6 is 11.6 Å². The van der Waals surface area contributed by atoms with Gasteiger partial charge >= 0.3 is 6.03 Å². The smallest absolute Gasteiger partial charge is 0.321 e. The topological polar surface area (TPSA) is 52.7 Å². The van der Waals surface area contributed by atoms with Crippen LogP contribution in [0.4, 0.5) is 10.5 Å². The summed E-state index contributed by atoms with van der Waals surface area (Å²) in [5.41, 5.74) is 2.41. The fraction of sp³-hybridized carbons (Fsp3) is 0.263. The molecule has 0 aliphatic carbocycles. The molecule has 1 saturated heterocycles. The van der Waals surface area contributed by atoms with Gasteiger partial charge in [-0.3, -0.25) is 4.79 Å². The van der Waals surface area contributed by atoms with Crippen molar-refractivity contribution in [2.24, 2.45) is 0 Å². The van der Waals surface area contributed by atoms with Crippen molar-refractivity contribution in [3.8, 4) is 0 Å². The highest BCUT2D eigenvalue weighted by molar-refractivity contribution is 6.30. The van der Waals surface area contributed by atoms with Gasteiger partial charge in [-0.05, 0) is 37.3 Å². The summed E-state index contributed by atoms with van der Waals surface area (Å²) in [6.45, 7) is 4.02. The fourth-order valence-electron chi connectivity index (χ4n) is 2.84. The summed E-state index contributed by atoms with van der Waals surface area (Å²) in [4.78, 5) is 28.4. The van der Waals surface area contributed by atoms with Crippen LogP contribution in [0.1, 0.15) is 15.9 Å². The third-order valence-electron chi connectivity index (χ3n) is 4.20. The van der Waals surface area contributed by atoms with Gasteiger partial charge in [0.05, 0.1) is 0 Å². The lowest BCUT2D eigenvalue weighted by molar-refractivity contribution is 0.0671. The molecule has 1 heterocycles. The molecule has 0 atom stereocenters. The molecular formula is C19H20ClN3O2. The van der Waals surface area contributed by atoms with Crippen molar-refractivity contribution in [2.75, 3.05) is 31.5 Å². The van der Waals surface area contributed by atoms with Gasteiger partial charge in [0.15, 0.2) is 0 Å². The molecule has 1 N–H and O–H groups in total. The Bertz CT molecular complexity index is 786. The Labute approximate surface area is 152 Å². The molecule has 3 rings (SSSR count). The number of nitrogens with zero attached hydrogens (tertiary/aromatic N) is 2. The molecule has 0 bridgehead atoms. The summed E-state index contributed by atoms with van der Waals surface area (Å²) >= 11 is 5.93. The maximum atomic E-state index is 12.5. The van der Waals surface area contributed by atoms with E-state index in [1.807, 2.05) is 31.2 Å². The first-order valence-electron chi connectivity index (χ1n) is 8.20. The Morgan fingerprint density at radius 1 is 0.960 bits per heavy atom. The summed E-state index contributed by atoms with van der Waals surface area (Å²) in [5.74, 6) is 0.0126. The standard InChI is InChI=1S/C19H20ClN3O2/c1-14-4-2-5-15(12-14)18(24)22-8-10-23(11-9-22)19(25)21-17-7-3-6-16(20)13-17/h2-7,12-13H,8-11H2,1H3,(H,21,25). The highest BCUT2D eigenvalue weighted by Crippen LogP contribution is 2.16. The highest BCUT2D eigenvalue weighted by Gasteiger charge is 2.24. The predicted molar refractivity (Wildman–Crippen MR) is 99.1 cm³/mol. The number of anilines is 1. The molecule has 1 aliphatic heterocycles. The van der Waals surface area contributed by atoms with Gasteiger partial charge in [-0.25, -0.2) is 4.79 Å². The molecule has 3 amide bonds. The molecular weight excluding hydrogens is 338 g/mol. The first kappa shape index (κ1) is 17.3. The van der Waals surface area contributed by atoms with Crippen molar-refractivity contribution in [1.82, 2.24) is 9.80 Å². The average Bonchev–Trinajstić information content (AvgIpc) is 2.61. The van der Waals surface area contributed by atoms with E-state index in [2.05, 4.69) is 5.32 Å². The lowest BCUT2D eigenvalue weighted by Crippen LogP contribution is -2.51. The number of amides is 3. The summed E-state index contributed by atoms with van der Waals surface area (Å²) < 4.78 is 0. The number of hydrogen-bond acceptors (Lipinski definition) is 2. The van der Waals surface area contributed by atoms with Gasteiger partial charge in [-0.15, -0.1) is 0 Å². The van der Waals surface area contributed by atoms with E-state index in [1.165, 1.54) is 0 Å². The van der Waals surface area contributed by atoms with Crippen LogP contribution < -0.4 is 5.32 Å². The summed E-state index contributed by atoms with van der Waals surface area (Å²) in [7, 11) is 0. The average molecular weight is 358 g/mol. The number of hydrogen-bond donors (Lipinski definition) is 1. The van der Waals surface area contributed by atoms with Crippen molar-refractivity contribution in [1.29, 1.82) is 0 Å². The molecule has 1 fully saturated rings. The molecule has 0 radical (unpaired) electrons. The van der Waals surface area contributed by atoms with Gasteiger partial charge in [0.2, 0.25) is 0 Å². The normalized spacial score (nSPS) is 14.3. The van der Waals surface area contributed by atoms with Gasteiger partial charge in [0.25, 0.3) is 5.91 Å². The summed E-state index contributed by atoms with van der Waals surface area (Å²) in [6.07, 6.45) is 0. The van der Waals surface area contributed by atoms with Crippen LogP contribution in [0.5, 0.6) is 0 Å². The SMILES string of the molecule is Cc1cccc(C(=O)N2CCN(C(=O)Nc3cccc(Cl)c3)CC2)c1. The minimum Gasteiger partial charge on any atom is -0.335 e. The maximum Gasteiger partial charge on any atom is 0.321 e. The Morgan fingerprint density at radius 2 is 1.64 bits per heavy atom. The molecule has 5 nitrogen and oxygen atoms in total. The van der Waals surface area contributed by atoms with Gasteiger partial charge in [-0.1, -0.05) is 35.4 Å². The second kappa shape index (κ2) is 7.57. The van der Waals surface area contributed by atoms with Gasteiger partial charge < -0.3 is 15.1 Å². The van der Waals surface area contributed by atoms with Crippen LogP contribution in [0.2, 0.25) is 5.02 Å². The van der Waals surface area contributed by atoms with E-state index in [9.17, 15) is 9.59 Å². The van der Waals surface area contributed by atoms with Crippen molar-refractivity contribution in [3.63, 3.8) is 0 Å². The van der Waals surface area contributed by atoms with Gasteiger partial charge in [0, 0.05) is 42.5 Å². The van der Waals surface area contributed by atoms with Crippen molar-refractivity contribution in [3.05, 3.63) is 64.7 Å². The van der Waals surface area contributed by atoms with Crippen molar-refractivity contribution >= 4 is 29.2 Å². The lowest BCUT2D eigenvalue weighted by Gasteiger charge is -2.34.